The molecule has 0 aromatic heterocycles. The van der Waals surface area contributed by atoms with Crippen LogP contribution in [0.4, 0.5) is 0 Å². The Morgan fingerprint density at radius 1 is 0.500 bits per heavy atom. The molecule has 0 bridgehead atoms. The second-order valence-corrected chi connectivity index (χ2v) is 4.50. The van der Waals surface area contributed by atoms with Gasteiger partial charge in [-0.25, -0.2) is 0 Å². The van der Waals surface area contributed by atoms with E-state index in [1.165, 1.54) is 0 Å². The standard InChI is InChI=1S/3C2H7P.2FH.Pd/c3*1-3-2;;;/h3*3H,1-2H3;2*1H;/q;;;;;+2/p-2. The Labute approximate surface area is 95.6 Å². The predicted octanol–water partition coefficient (Wildman–Crippen LogP) is -3.22. The molecule has 12 heavy (non-hydrogen) atoms. The summed E-state index contributed by atoms with van der Waals surface area (Å²) in [6.45, 7) is 12.9. The fourth-order valence-electron chi connectivity index (χ4n) is 0. The summed E-state index contributed by atoms with van der Waals surface area (Å²) in [6, 6.07) is 0. The van der Waals surface area contributed by atoms with Crippen molar-refractivity contribution in [3.05, 3.63) is 0 Å². The SMILES string of the molecule is CPC.CPC.CPC.[F-].[F-].[Pd+2]. The number of halogens is 2. The third-order valence-electron chi connectivity index (χ3n) is 0. The Balaban J connectivity index is -0.00000001000. The van der Waals surface area contributed by atoms with Gasteiger partial charge >= 0.3 is 20.4 Å². The van der Waals surface area contributed by atoms with E-state index in [2.05, 4.69) is 40.0 Å². The van der Waals surface area contributed by atoms with Crippen molar-refractivity contribution < 1.29 is 29.8 Å². The average Bonchev–Trinajstić information content (AvgIpc) is 1.70. The van der Waals surface area contributed by atoms with Crippen LogP contribution < -0.4 is 9.41 Å². The molecule has 6 heteroatoms. The smallest absolute Gasteiger partial charge is 1.00 e. The summed E-state index contributed by atoms with van der Waals surface area (Å²) in [7, 11) is 3.25. The molecule has 0 unspecified atom stereocenters. The molecule has 0 N–H and O–H groups in total. The van der Waals surface area contributed by atoms with E-state index in [0.29, 0.717) is 0 Å². The van der Waals surface area contributed by atoms with Crippen LogP contribution in [0.25, 0.3) is 0 Å². The van der Waals surface area contributed by atoms with Crippen molar-refractivity contribution in [1.82, 2.24) is 0 Å². The Morgan fingerprint density at radius 2 is 0.500 bits per heavy atom. The predicted molar refractivity (Wildman–Crippen MR) is 60.5 cm³/mol. The summed E-state index contributed by atoms with van der Waals surface area (Å²) in [5, 5.41) is 0. The van der Waals surface area contributed by atoms with Crippen LogP contribution in [0.15, 0.2) is 0 Å². The Hall–Kier alpha value is 1.81. The zero-order chi connectivity index (χ0) is 8.12. The Morgan fingerprint density at radius 3 is 0.500 bits per heavy atom. The first-order chi connectivity index (χ1) is 4.24. The van der Waals surface area contributed by atoms with Crippen LogP contribution in [-0.2, 0) is 20.4 Å². The van der Waals surface area contributed by atoms with Crippen LogP contribution in [0.2, 0.25) is 0 Å². The molecule has 0 saturated heterocycles. The molecule has 0 heterocycles. The van der Waals surface area contributed by atoms with Crippen molar-refractivity contribution in [3.63, 3.8) is 0 Å². The van der Waals surface area contributed by atoms with Gasteiger partial charge in [0.2, 0.25) is 0 Å². The van der Waals surface area contributed by atoms with E-state index in [1.54, 1.807) is 0 Å². The zero-order valence-corrected chi connectivity index (χ0v) is 13.1. The molecule has 0 aromatic carbocycles. The van der Waals surface area contributed by atoms with Gasteiger partial charge < -0.3 is 9.41 Å². The molecule has 0 fully saturated rings. The molecule has 0 nitrogen and oxygen atoms in total. The molecule has 0 amide bonds. The number of hydrogen-bond acceptors (Lipinski definition) is 0. The topological polar surface area (TPSA) is 0 Å². The molecule has 0 aliphatic heterocycles. The van der Waals surface area contributed by atoms with Gasteiger partial charge in [0.05, 0.1) is 0 Å². The van der Waals surface area contributed by atoms with Gasteiger partial charge in [-0.2, -0.15) is 0 Å². The average molecular weight is 331 g/mol. The van der Waals surface area contributed by atoms with Crippen molar-refractivity contribution >= 4 is 25.7 Å². The van der Waals surface area contributed by atoms with Gasteiger partial charge in [-0.1, -0.05) is 0 Å². The van der Waals surface area contributed by atoms with E-state index in [-0.39, 0.29) is 29.8 Å². The first kappa shape index (κ1) is 37.2. The summed E-state index contributed by atoms with van der Waals surface area (Å²) >= 11 is 0. The molecule has 0 aliphatic carbocycles. The Kier molecular flexibility index (Phi) is 239. The molecule has 0 rings (SSSR count). The minimum Gasteiger partial charge on any atom is -1.00 e. The first-order valence-corrected chi connectivity index (χ1v) is 9.00. The zero-order valence-electron chi connectivity index (χ0n) is 8.57. The van der Waals surface area contributed by atoms with E-state index in [9.17, 15) is 0 Å². The van der Waals surface area contributed by atoms with Crippen molar-refractivity contribution in [3.8, 4) is 0 Å². The van der Waals surface area contributed by atoms with E-state index >= 15 is 0 Å². The van der Waals surface area contributed by atoms with Crippen LogP contribution in [0.5, 0.6) is 0 Å². The normalized spacial score (nSPS) is 4.50. The van der Waals surface area contributed by atoms with Crippen molar-refractivity contribution in [1.29, 1.82) is 0 Å². The summed E-state index contributed by atoms with van der Waals surface area (Å²) in [5.41, 5.74) is 0. The molecular weight excluding hydrogens is 309 g/mol. The maximum atomic E-state index is 2.15. The van der Waals surface area contributed by atoms with Gasteiger partial charge in [0, 0.05) is 0 Å². The third kappa shape index (κ3) is 420. The number of hydrogen-bond donors (Lipinski definition) is 0. The van der Waals surface area contributed by atoms with Crippen molar-refractivity contribution in [2.24, 2.45) is 0 Å². The molecule has 0 aliphatic rings. The van der Waals surface area contributed by atoms with Gasteiger partial charge in [-0.15, -0.1) is 25.7 Å². The van der Waals surface area contributed by atoms with Crippen LogP contribution >= 0.6 is 25.7 Å². The fourth-order valence-corrected chi connectivity index (χ4v) is 0. The largest absolute Gasteiger partial charge is 2.00 e. The summed E-state index contributed by atoms with van der Waals surface area (Å²) in [4.78, 5) is 0. The molecule has 84 valence electrons. The van der Waals surface area contributed by atoms with Crippen LogP contribution in [0.1, 0.15) is 0 Å². The maximum absolute atomic E-state index is 2.15. The van der Waals surface area contributed by atoms with Gasteiger partial charge in [0.15, 0.2) is 0 Å². The quantitative estimate of drug-likeness (QED) is 0.324. The van der Waals surface area contributed by atoms with E-state index in [1.807, 2.05) is 0 Å². The third-order valence-corrected chi connectivity index (χ3v) is 0. The van der Waals surface area contributed by atoms with E-state index in [0.717, 1.165) is 25.7 Å². The number of rotatable bonds is 0. The van der Waals surface area contributed by atoms with Crippen molar-refractivity contribution in [2.75, 3.05) is 40.0 Å². The second-order valence-electron chi connectivity index (χ2n) is 1.50. The molecule has 0 saturated carbocycles. The van der Waals surface area contributed by atoms with Crippen LogP contribution in [-0.4, -0.2) is 40.0 Å². The van der Waals surface area contributed by atoms with E-state index in [4.69, 9.17) is 0 Å². The van der Waals surface area contributed by atoms with Gasteiger partial charge in [-0.05, 0) is 40.0 Å². The first-order valence-electron chi connectivity index (χ1n) is 3.00. The van der Waals surface area contributed by atoms with Crippen LogP contribution in [0, 0.1) is 0 Å². The molecule has 0 radical (unpaired) electrons. The summed E-state index contributed by atoms with van der Waals surface area (Å²) < 4.78 is 0. The van der Waals surface area contributed by atoms with Gasteiger partial charge in [0.1, 0.15) is 0 Å². The molecular formula is C6H21F2P3Pd. The second kappa shape index (κ2) is 77.2. The van der Waals surface area contributed by atoms with Crippen molar-refractivity contribution in [2.45, 2.75) is 0 Å². The van der Waals surface area contributed by atoms with Gasteiger partial charge in [-0.3, -0.25) is 0 Å². The molecule has 0 aromatic rings. The maximum Gasteiger partial charge on any atom is 2.00 e. The molecule has 0 atom stereocenters. The Bertz CT molecular complexity index is 25.5. The molecule has 0 spiro atoms. The van der Waals surface area contributed by atoms with Gasteiger partial charge in [0.25, 0.3) is 0 Å². The monoisotopic (exact) mass is 330 g/mol. The van der Waals surface area contributed by atoms with E-state index < -0.39 is 0 Å². The minimum absolute atomic E-state index is 0. The summed E-state index contributed by atoms with van der Waals surface area (Å²) in [6.07, 6.45) is 0. The van der Waals surface area contributed by atoms with Crippen LogP contribution in [0.3, 0.4) is 0 Å². The summed E-state index contributed by atoms with van der Waals surface area (Å²) in [5.74, 6) is 0. The minimum atomic E-state index is 0. The fraction of sp³-hybridized carbons (Fsp3) is 1.00.